The van der Waals surface area contributed by atoms with Gasteiger partial charge in [0.15, 0.2) is 6.23 Å². The number of hydrogen-bond donors (Lipinski definition) is 0. The quantitative estimate of drug-likeness (QED) is 0.793. The second-order valence-corrected chi connectivity index (χ2v) is 6.76. The predicted molar refractivity (Wildman–Crippen MR) is 97.5 cm³/mol. The predicted octanol–water partition coefficient (Wildman–Crippen LogP) is 4.45. The maximum Gasteiger partial charge on any atom is 0.280 e. The summed E-state index contributed by atoms with van der Waals surface area (Å²) in [5.74, 6) is -0.200. The minimum Gasteiger partial charge on any atom is -0.336 e. The smallest absolute Gasteiger partial charge is 0.280 e. The molecule has 2 aromatic carbocycles. The molecule has 0 spiro atoms. The number of amides is 1. The van der Waals surface area contributed by atoms with Crippen LogP contribution in [0.3, 0.4) is 0 Å². The fraction of sp³-hybridized carbons (Fsp3) is 0.250. The van der Waals surface area contributed by atoms with Crippen LogP contribution in [0, 0.1) is 0 Å². The summed E-state index contributed by atoms with van der Waals surface area (Å²) < 4.78 is 5.85. The molecule has 1 fully saturated rings. The molecule has 1 atom stereocenters. The lowest BCUT2D eigenvalue weighted by molar-refractivity contribution is -0.204. The highest BCUT2D eigenvalue weighted by Gasteiger charge is 2.46. The van der Waals surface area contributed by atoms with E-state index in [2.05, 4.69) is 0 Å². The number of halogens is 1. The zero-order valence-corrected chi connectivity index (χ0v) is 14.9. The summed E-state index contributed by atoms with van der Waals surface area (Å²) >= 11 is 5.90. The van der Waals surface area contributed by atoms with Crippen LogP contribution in [0.15, 0.2) is 60.7 Å². The highest BCUT2D eigenvalue weighted by Crippen LogP contribution is 2.29. The molecule has 1 heterocycles. The maximum atomic E-state index is 12.5. The molecule has 0 N–H and O–H groups in total. The van der Waals surface area contributed by atoms with Gasteiger partial charge in [-0.05, 0) is 43.2 Å². The zero-order valence-electron chi connectivity index (χ0n) is 14.2. The Morgan fingerprint density at radius 2 is 1.84 bits per heavy atom. The van der Waals surface area contributed by atoms with Gasteiger partial charge in [0.2, 0.25) is 0 Å². The monoisotopic (exact) mass is 357 g/mol. The summed E-state index contributed by atoms with van der Waals surface area (Å²) in [6.45, 7) is 3.78. The van der Waals surface area contributed by atoms with Gasteiger partial charge in [-0.3, -0.25) is 9.63 Å². The number of hydrogen-bond acceptors (Lipinski definition) is 3. The number of benzene rings is 2. The van der Waals surface area contributed by atoms with E-state index in [-0.39, 0.29) is 5.91 Å². The van der Waals surface area contributed by atoms with Gasteiger partial charge in [0, 0.05) is 5.02 Å². The molecule has 1 unspecified atom stereocenters. The fourth-order valence-corrected chi connectivity index (χ4v) is 2.64. The molecule has 0 aromatic heterocycles. The lowest BCUT2D eigenvalue weighted by Gasteiger charge is -2.19. The number of ether oxygens (including phenoxy) is 1. The second-order valence-electron chi connectivity index (χ2n) is 6.32. The molecule has 2 aromatic rings. The molecule has 0 radical (unpaired) electrons. The molecule has 130 valence electrons. The van der Waals surface area contributed by atoms with E-state index in [9.17, 15) is 4.79 Å². The van der Waals surface area contributed by atoms with E-state index < -0.39 is 11.8 Å². The molecular formula is C20H20ClNO3. The normalized spacial score (nSPS) is 19.7. The van der Waals surface area contributed by atoms with Crippen molar-refractivity contribution in [3.63, 3.8) is 0 Å². The molecule has 1 amide bonds. The van der Waals surface area contributed by atoms with Crippen molar-refractivity contribution in [2.75, 3.05) is 0 Å². The molecule has 1 aliphatic heterocycles. The Balaban J connectivity index is 1.73. The molecular weight excluding hydrogens is 338 g/mol. The molecule has 0 aliphatic carbocycles. The van der Waals surface area contributed by atoms with Crippen LogP contribution in [0.4, 0.5) is 0 Å². The van der Waals surface area contributed by atoms with Gasteiger partial charge in [-0.25, -0.2) is 0 Å². The Morgan fingerprint density at radius 3 is 2.52 bits per heavy atom. The van der Waals surface area contributed by atoms with E-state index in [0.717, 1.165) is 11.1 Å². The third-order valence-electron chi connectivity index (χ3n) is 3.90. The number of hydroxylamine groups is 2. The Bertz CT molecular complexity index is 756. The van der Waals surface area contributed by atoms with Gasteiger partial charge in [0.25, 0.3) is 5.91 Å². The van der Waals surface area contributed by atoms with Crippen LogP contribution in [-0.4, -0.2) is 22.8 Å². The Labute approximate surface area is 152 Å². The van der Waals surface area contributed by atoms with Crippen LogP contribution in [-0.2, 0) is 21.0 Å². The lowest BCUT2D eigenvalue weighted by Crippen LogP contribution is -2.37. The topological polar surface area (TPSA) is 38.8 Å². The Hall–Kier alpha value is -2.14. The molecule has 5 heteroatoms. The largest absolute Gasteiger partial charge is 0.336 e. The summed E-state index contributed by atoms with van der Waals surface area (Å²) in [5.41, 5.74) is 1.03. The van der Waals surface area contributed by atoms with Crippen LogP contribution in [0.5, 0.6) is 0 Å². The second kappa shape index (κ2) is 7.40. The summed E-state index contributed by atoms with van der Waals surface area (Å²) in [4.78, 5) is 18.3. The first kappa shape index (κ1) is 17.7. The van der Waals surface area contributed by atoms with E-state index in [1.807, 2.05) is 60.7 Å². The van der Waals surface area contributed by atoms with E-state index in [0.29, 0.717) is 11.6 Å². The van der Waals surface area contributed by atoms with Gasteiger partial charge >= 0.3 is 0 Å². The third-order valence-corrected chi connectivity index (χ3v) is 4.15. The average Bonchev–Trinajstić information content (AvgIpc) is 2.83. The lowest BCUT2D eigenvalue weighted by atomic mass is 10.1. The van der Waals surface area contributed by atoms with Gasteiger partial charge in [-0.15, -0.1) is 0 Å². The van der Waals surface area contributed by atoms with Gasteiger partial charge < -0.3 is 4.74 Å². The van der Waals surface area contributed by atoms with Crippen molar-refractivity contribution in [1.29, 1.82) is 0 Å². The summed E-state index contributed by atoms with van der Waals surface area (Å²) in [7, 11) is 0. The minimum atomic E-state index is -0.925. The minimum absolute atomic E-state index is 0.200. The van der Waals surface area contributed by atoms with Gasteiger partial charge in [0.05, 0.1) is 0 Å². The van der Waals surface area contributed by atoms with E-state index in [1.165, 1.54) is 5.06 Å². The molecule has 1 aliphatic rings. The molecule has 25 heavy (non-hydrogen) atoms. The number of carbonyl (C=O) groups is 1. The van der Waals surface area contributed by atoms with Gasteiger partial charge in [-0.2, -0.15) is 5.06 Å². The van der Waals surface area contributed by atoms with E-state index >= 15 is 0 Å². The van der Waals surface area contributed by atoms with Crippen molar-refractivity contribution in [3.05, 3.63) is 76.8 Å². The van der Waals surface area contributed by atoms with Crippen molar-refractivity contribution in [2.24, 2.45) is 0 Å². The number of rotatable bonds is 5. The fourth-order valence-electron chi connectivity index (χ4n) is 2.52. The van der Waals surface area contributed by atoms with E-state index in [4.69, 9.17) is 21.2 Å². The highest BCUT2D eigenvalue weighted by atomic mass is 35.5. The number of nitrogens with zero attached hydrogens (tertiary/aromatic N) is 1. The van der Waals surface area contributed by atoms with Gasteiger partial charge in [0.1, 0.15) is 12.2 Å². The number of carbonyl (C=O) groups excluding carboxylic acids is 1. The zero-order chi connectivity index (χ0) is 17.9. The average molecular weight is 358 g/mol. The third kappa shape index (κ3) is 4.28. The Kier molecular flexibility index (Phi) is 5.23. The van der Waals surface area contributed by atoms with E-state index in [1.54, 1.807) is 19.9 Å². The highest BCUT2D eigenvalue weighted by molar-refractivity contribution is 6.30. The van der Waals surface area contributed by atoms with Crippen LogP contribution in [0.25, 0.3) is 6.08 Å². The first-order valence-corrected chi connectivity index (χ1v) is 8.45. The van der Waals surface area contributed by atoms with Crippen molar-refractivity contribution < 1.29 is 14.4 Å². The molecule has 0 saturated carbocycles. The SMILES string of the molecule is CC1(C)OC(C=Cc2ccc(Cl)cc2)N(OCc2ccccc2)C1=O. The van der Waals surface area contributed by atoms with Crippen molar-refractivity contribution in [1.82, 2.24) is 5.06 Å². The van der Waals surface area contributed by atoms with Crippen LogP contribution in [0.1, 0.15) is 25.0 Å². The molecule has 1 saturated heterocycles. The molecule has 0 bridgehead atoms. The summed E-state index contributed by atoms with van der Waals surface area (Å²) in [6.07, 6.45) is 3.11. The van der Waals surface area contributed by atoms with Crippen LogP contribution < -0.4 is 0 Å². The first-order valence-electron chi connectivity index (χ1n) is 8.08. The van der Waals surface area contributed by atoms with Crippen molar-refractivity contribution in [2.45, 2.75) is 32.3 Å². The van der Waals surface area contributed by atoms with Crippen molar-refractivity contribution >= 4 is 23.6 Å². The summed E-state index contributed by atoms with van der Waals surface area (Å²) in [5, 5.41) is 1.98. The van der Waals surface area contributed by atoms with Crippen LogP contribution >= 0.6 is 11.6 Å². The molecule has 3 rings (SSSR count). The molecule has 4 nitrogen and oxygen atoms in total. The first-order chi connectivity index (χ1) is 12.0. The van der Waals surface area contributed by atoms with Gasteiger partial charge in [-0.1, -0.05) is 60.1 Å². The standard InChI is InChI=1S/C20H20ClNO3/c1-20(2)19(23)22(24-14-16-6-4-3-5-7-16)18(25-20)13-10-15-8-11-17(21)12-9-15/h3-13,18H,14H2,1-2H3. The van der Waals surface area contributed by atoms with Crippen LogP contribution in [0.2, 0.25) is 5.02 Å². The van der Waals surface area contributed by atoms with Crippen molar-refractivity contribution in [3.8, 4) is 0 Å². The maximum absolute atomic E-state index is 12.5. The Morgan fingerprint density at radius 1 is 1.16 bits per heavy atom. The summed E-state index contributed by atoms with van der Waals surface area (Å²) in [6, 6.07) is 17.1.